The van der Waals surface area contributed by atoms with E-state index < -0.39 is 6.09 Å². The van der Waals surface area contributed by atoms with Crippen LogP contribution in [0.2, 0.25) is 0 Å². The van der Waals surface area contributed by atoms with Crippen molar-refractivity contribution in [2.24, 2.45) is 5.41 Å². The van der Waals surface area contributed by atoms with E-state index in [1.165, 1.54) is 0 Å². The summed E-state index contributed by atoms with van der Waals surface area (Å²) < 4.78 is 0. The van der Waals surface area contributed by atoms with E-state index in [9.17, 15) is 4.79 Å². The van der Waals surface area contributed by atoms with Crippen LogP contribution in [0, 0.1) is 5.41 Å². The SMILES string of the molecule is CC(C)(C)C1(NC(=O)O)CCNCC1. The van der Waals surface area contributed by atoms with Gasteiger partial charge in [-0.15, -0.1) is 0 Å². The van der Waals surface area contributed by atoms with Gasteiger partial charge in [0.15, 0.2) is 0 Å². The summed E-state index contributed by atoms with van der Waals surface area (Å²) in [7, 11) is 0. The molecule has 4 heteroatoms. The zero-order valence-electron chi connectivity index (χ0n) is 9.18. The summed E-state index contributed by atoms with van der Waals surface area (Å²) in [6.07, 6.45) is 0.813. The van der Waals surface area contributed by atoms with E-state index in [1.54, 1.807) is 0 Å². The summed E-state index contributed by atoms with van der Waals surface area (Å²) in [6.45, 7) is 8.05. The molecule has 0 aliphatic carbocycles. The third-order valence-corrected chi connectivity index (χ3v) is 3.24. The van der Waals surface area contributed by atoms with Crippen molar-refractivity contribution in [3.63, 3.8) is 0 Å². The van der Waals surface area contributed by atoms with E-state index in [2.05, 4.69) is 31.4 Å². The molecule has 1 amide bonds. The smallest absolute Gasteiger partial charge is 0.405 e. The van der Waals surface area contributed by atoms with Gasteiger partial charge in [-0.05, 0) is 31.3 Å². The minimum absolute atomic E-state index is 0.0342. The van der Waals surface area contributed by atoms with Crippen LogP contribution in [-0.2, 0) is 0 Å². The molecular formula is C10H20N2O2. The average molecular weight is 200 g/mol. The van der Waals surface area contributed by atoms with Crippen molar-refractivity contribution in [3.8, 4) is 0 Å². The van der Waals surface area contributed by atoms with E-state index in [0.29, 0.717) is 0 Å². The van der Waals surface area contributed by atoms with Gasteiger partial charge in [0.25, 0.3) is 0 Å². The molecule has 0 aromatic rings. The first-order chi connectivity index (χ1) is 6.37. The minimum Gasteiger partial charge on any atom is -0.465 e. The molecule has 0 aromatic carbocycles. The van der Waals surface area contributed by atoms with Crippen molar-refractivity contribution in [1.29, 1.82) is 0 Å². The number of rotatable bonds is 1. The minimum atomic E-state index is -0.915. The zero-order valence-corrected chi connectivity index (χ0v) is 9.18. The summed E-state index contributed by atoms with van der Waals surface area (Å²) in [5.74, 6) is 0. The first kappa shape index (κ1) is 11.3. The number of nitrogens with one attached hydrogen (secondary N) is 2. The summed E-state index contributed by atoms with van der Waals surface area (Å²) >= 11 is 0. The average Bonchev–Trinajstić information content (AvgIpc) is 2.02. The maximum absolute atomic E-state index is 10.8. The van der Waals surface area contributed by atoms with Crippen LogP contribution < -0.4 is 10.6 Å². The van der Waals surface area contributed by atoms with Gasteiger partial charge in [0, 0.05) is 0 Å². The van der Waals surface area contributed by atoms with Crippen LogP contribution in [0.4, 0.5) is 4.79 Å². The molecule has 0 atom stereocenters. The Bertz CT molecular complexity index is 215. The monoisotopic (exact) mass is 200 g/mol. The quantitative estimate of drug-likeness (QED) is 0.600. The van der Waals surface area contributed by atoms with Crippen LogP contribution in [0.15, 0.2) is 0 Å². The second kappa shape index (κ2) is 3.77. The highest BCUT2D eigenvalue weighted by Gasteiger charge is 2.43. The van der Waals surface area contributed by atoms with Gasteiger partial charge in [0.2, 0.25) is 0 Å². The number of carbonyl (C=O) groups is 1. The van der Waals surface area contributed by atoms with Crippen LogP contribution in [0.3, 0.4) is 0 Å². The molecule has 4 nitrogen and oxygen atoms in total. The lowest BCUT2D eigenvalue weighted by molar-refractivity contribution is 0.0896. The predicted molar refractivity (Wildman–Crippen MR) is 55.5 cm³/mol. The highest BCUT2D eigenvalue weighted by atomic mass is 16.4. The van der Waals surface area contributed by atoms with Crippen molar-refractivity contribution in [3.05, 3.63) is 0 Å². The summed E-state index contributed by atoms with van der Waals surface area (Å²) in [5.41, 5.74) is -0.308. The van der Waals surface area contributed by atoms with Crippen molar-refractivity contribution in [2.75, 3.05) is 13.1 Å². The maximum Gasteiger partial charge on any atom is 0.405 e. The standard InChI is InChI=1S/C10H20N2O2/c1-9(2,3)10(12-8(13)14)4-6-11-7-5-10/h11-12H,4-7H2,1-3H3,(H,13,14). The largest absolute Gasteiger partial charge is 0.465 e. The summed E-state index contributed by atoms with van der Waals surface area (Å²) in [4.78, 5) is 10.8. The highest BCUT2D eigenvalue weighted by Crippen LogP contribution is 2.37. The number of hydrogen-bond donors (Lipinski definition) is 3. The molecule has 14 heavy (non-hydrogen) atoms. The lowest BCUT2D eigenvalue weighted by Gasteiger charge is -2.47. The van der Waals surface area contributed by atoms with Gasteiger partial charge in [-0.2, -0.15) is 0 Å². The molecule has 1 saturated heterocycles. The molecule has 1 aliphatic rings. The number of piperidine rings is 1. The number of amides is 1. The number of hydrogen-bond acceptors (Lipinski definition) is 2. The molecule has 1 aliphatic heterocycles. The van der Waals surface area contributed by atoms with Crippen LogP contribution in [0.5, 0.6) is 0 Å². The third-order valence-electron chi connectivity index (χ3n) is 3.24. The fraction of sp³-hybridized carbons (Fsp3) is 0.900. The molecule has 1 fully saturated rings. The van der Waals surface area contributed by atoms with E-state index >= 15 is 0 Å². The van der Waals surface area contributed by atoms with Crippen molar-refractivity contribution in [1.82, 2.24) is 10.6 Å². The second-order valence-electron chi connectivity index (χ2n) is 5.01. The van der Waals surface area contributed by atoms with E-state index in [0.717, 1.165) is 25.9 Å². The van der Waals surface area contributed by atoms with Crippen molar-refractivity contribution in [2.45, 2.75) is 39.2 Å². The Morgan fingerprint density at radius 2 is 1.86 bits per heavy atom. The Morgan fingerprint density at radius 1 is 1.36 bits per heavy atom. The van der Waals surface area contributed by atoms with Crippen molar-refractivity contribution < 1.29 is 9.90 Å². The molecule has 0 bridgehead atoms. The maximum atomic E-state index is 10.8. The topological polar surface area (TPSA) is 61.4 Å². The van der Waals surface area contributed by atoms with Gasteiger partial charge in [-0.25, -0.2) is 4.79 Å². The van der Waals surface area contributed by atoms with Crippen LogP contribution in [-0.4, -0.2) is 29.8 Å². The van der Waals surface area contributed by atoms with Crippen LogP contribution in [0.25, 0.3) is 0 Å². The van der Waals surface area contributed by atoms with E-state index in [-0.39, 0.29) is 11.0 Å². The van der Waals surface area contributed by atoms with E-state index in [1.807, 2.05) is 0 Å². The molecule has 3 N–H and O–H groups in total. The fourth-order valence-corrected chi connectivity index (χ4v) is 2.12. The van der Waals surface area contributed by atoms with Gasteiger partial charge in [0.1, 0.15) is 0 Å². The number of carboxylic acid groups (broad SMARTS) is 1. The predicted octanol–water partition coefficient (Wildman–Crippen LogP) is 1.42. The molecule has 0 spiro atoms. The van der Waals surface area contributed by atoms with Gasteiger partial charge < -0.3 is 15.7 Å². The van der Waals surface area contributed by atoms with Gasteiger partial charge >= 0.3 is 6.09 Å². The van der Waals surface area contributed by atoms with Crippen LogP contribution >= 0.6 is 0 Å². The second-order valence-corrected chi connectivity index (χ2v) is 5.01. The van der Waals surface area contributed by atoms with Crippen LogP contribution in [0.1, 0.15) is 33.6 Å². The van der Waals surface area contributed by atoms with Crippen molar-refractivity contribution >= 4 is 6.09 Å². The first-order valence-electron chi connectivity index (χ1n) is 5.09. The molecule has 0 unspecified atom stereocenters. The van der Waals surface area contributed by atoms with Gasteiger partial charge in [-0.1, -0.05) is 20.8 Å². The molecule has 1 rings (SSSR count). The Morgan fingerprint density at radius 3 is 2.21 bits per heavy atom. The summed E-state index contributed by atoms with van der Waals surface area (Å²) in [5, 5.41) is 14.8. The lowest BCUT2D eigenvalue weighted by atomic mass is 9.68. The van der Waals surface area contributed by atoms with Gasteiger partial charge in [-0.3, -0.25) is 0 Å². The Kier molecular flexibility index (Phi) is 3.04. The molecule has 82 valence electrons. The highest BCUT2D eigenvalue weighted by molar-refractivity contribution is 5.65. The van der Waals surface area contributed by atoms with E-state index in [4.69, 9.17) is 5.11 Å². The fourth-order valence-electron chi connectivity index (χ4n) is 2.12. The lowest BCUT2D eigenvalue weighted by Crippen LogP contribution is -2.61. The Hall–Kier alpha value is -0.770. The zero-order chi connectivity index (χ0) is 10.8. The normalized spacial score (nSPS) is 21.6. The van der Waals surface area contributed by atoms with Gasteiger partial charge in [0.05, 0.1) is 5.54 Å². The Balaban J connectivity index is 2.83. The molecule has 0 aromatic heterocycles. The molecule has 1 heterocycles. The third kappa shape index (κ3) is 2.18. The summed E-state index contributed by atoms with van der Waals surface area (Å²) in [6, 6.07) is 0. The Labute approximate surface area is 85.1 Å². The molecule has 0 radical (unpaired) electrons. The molecule has 0 saturated carbocycles. The first-order valence-corrected chi connectivity index (χ1v) is 5.09. The molecular weight excluding hydrogens is 180 g/mol.